The van der Waals surface area contributed by atoms with Gasteiger partial charge in [0.2, 0.25) is 5.91 Å². The third-order valence-corrected chi connectivity index (χ3v) is 2.74. The van der Waals surface area contributed by atoms with E-state index in [1.54, 1.807) is 20.9 Å². The van der Waals surface area contributed by atoms with Crippen molar-refractivity contribution in [2.24, 2.45) is 5.73 Å². The predicted octanol–water partition coefficient (Wildman–Crippen LogP) is 2.25. The number of benzene rings is 1. The van der Waals surface area contributed by atoms with Gasteiger partial charge in [-0.25, -0.2) is 8.78 Å². The lowest BCUT2D eigenvalue weighted by Gasteiger charge is -2.26. The van der Waals surface area contributed by atoms with Crippen molar-refractivity contribution in [2.75, 3.05) is 7.05 Å². The molecule has 0 saturated heterocycles. The SMILES string of the molecule is CC(c1ccc(F)c(F)c1)N(C)C(=O)[C@H](C)N.Cl. The number of carbonyl (C=O) groups excluding carboxylic acids is 1. The van der Waals surface area contributed by atoms with E-state index < -0.39 is 17.7 Å². The molecule has 0 aliphatic carbocycles. The summed E-state index contributed by atoms with van der Waals surface area (Å²) < 4.78 is 25.8. The zero-order valence-corrected chi connectivity index (χ0v) is 11.3. The van der Waals surface area contributed by atoms with Crippen LogP contribution in [-0.2, 0) is 4.79 Å². The molecule has 1 aromatic carbocycles. The Labute approximate surface area is 111 Å². The van der Waals surface area contributed by atoms with Crippen LogP contribution in [0.4, 0.5) is 8.78 Å². The molecule has 0 radical (unpaired) electrons. The van der Waals surface area contributed by atoms with Gasteiger partial charge in [0.1, 0.15) is 0 Å². The molecule has 6 heteroatoms. The van der Waals surface area contributed by atoms with Crippen LogP contribution in [0, 0.1) is 11.6 Å². The smallest absolute Gasteiger partial charge is 0.239 e. The number of hydrogen-bond donors (Lipinski definition) is 1. The molecule has 0 aromatic heterocycles. The number of carbonyl (C=O) groups is 1. The number of hydrogen-bond acceptors (Lipinski definition) is 2. The molecule has 0 saturated carbocycles. The fourth-order valence-electron chi connectivity index (χ4n) is 1.51. The minimum absolute atomic E-state index is 0. The second-order valence-corrected chi connectivity index (χ2v) is 4.09. The molecule has 0 fully saturated rings. The van der Waals surface area contributed by atoms with Gasteiger partial charge in [0.05, 0.1) is 12.1 Å². The Morgan fingerprint density at radius 2 is 1.83 bits per heavy atom. The molecule has 1 rings (SSSR count). The van der Waals surface area contributed by atoms with Gasteiger partial charge in [-0.15, -0.1) is 12.4 Å². The molecule has 0 aliphatic heterocycles. The van der Waals surface area contributed by atoms with Gasteiger partial charge in [0, 0.05) is 7.05 Å². The highest BCUT2D eigenvalue weighted by Crippen LogP contribution is 2.21. The minimum atomic E-state index is -0.920. The Hall–Kier alpha value is -1.20. The summed E-state index contributed by atoms with van der Waals surface area (Å²) in [5.41, 5.74) is 6.01. The lowest BCUT2D eigenvalue weighted by Crippen LogP contribution is -2.40. The van der Waals surface area contributed by atoms with Gasteiger partial charge in [0.25, 0.3) is 0 Å². The number of amides is 1. The first-order valence-electron chi connectivity index (χ1n) is 5.31. The Morgan fingerprint density at radius 3 is 2.28 bits per heavy atom. The Balaban J connectivity index is 0.00000289. The van der Waals surface area contributed by atoms with E-state index in [0.717, 1.165) is 12.1 Å². The van der Waals surface area contributed by atoms with Crippen LogP contribution in [0.15, 0.2) is 18.2 Å². The van der Waals surface area contributed by atoms with Crippen molar-refractivity contribution in [3.05, 3.63) is 35.4 Å². The molecule has 0 spiro atoms. The number of rotatable bonds is 3. The fraction of sp³-hybridized carbons (Fsp3) is 0.417. The molecule has 3 nitrogen and oxygen atoms in total. The molecule has 2 N–H and O–H groups in total. The Kier molecular flexibility index (Phi) is 6.21. The number of nitrogens with two attached hydrogens (primary N) is 1. The monoisotopic (exact) mass is 278 g/mol. The maximum Gasteiger partial charge on any atom is 0.239 e. The van der Waals surface area contributed by atoms with Crippen LogP contribution in [-0.4, -0.2) is 23.9 Å². The van der Waals surface area contributed by atoms with Crippen molar-refractivity contribution >= 4 is 18.3 Å². The summed E-state index contributed by atoms with van der Waals surface area (Å²) >= 11 is 0. The first kappa shape index (κ1) is 16.8. The molecule has 1 amide bonds. The summed E-state index contributed by atoms with van der Waals surface area (Å²) in [4.78, 5) is 13.1. The topological polar surface area (TPSA) is 46.3 Å². The fourth-order valence-corrected chi connectivity index (χ4v) is 1.51. The molecule has 0 heterocycles. The van der Waals surface area contributed by atoms with Gasteiger partial charge in [0.15, 0.2) is 11.6 Å². The third kappa shape index (κ3) is 3.65. The van der Waals surface area contributed by atoms with Gasteiger partial charge in [-0.1, -0.05) is 6.07 Å². The van der Waals surface area contributed by atoms with Gasteiger partial charge in [-0.2, -0.15) is 0 Å². The lowest BCUT2D eigenvalue weighted by atomic mass is 10.1. The average molecular weight is 279 g/mol. The third-order valence-electron chi connectivity index (χ3n) is 2.74. The highest BCUT2D eigenvalue weighted by Gasteiger charge is 2.20. The van der Waals surface area contributed by atoms with Crippen molar-refractivity contribution in [3.63, 3.8) is 0 Å². The van der Waals surface area contributed by atoms with Crippen molar-refractivity contribution in [2.45, 2.75) is 25.9 Å². The van der Waals surface area contributed by atoms with E-state index in [0.29, 0.717) is 5.56 Å². The summed E-state index contributed by atoms with van der Waals surface area (Å²) in [6.45, 7) is 3.31. The summed E-state index contributed by atoms with van der Waals surface area (Å²) in [5.74, 6) is -2.07. The summed E-state index contributed by atoms with van der Waals surface area (Å²) in [6.07, 6.45) is 0. The van der Waals surface area contributed by atoms with Crippen LogP contribution < -0.4 is 5.73 Å². The zero-order valence-electron chi connectivity index (χ0n) is 10.5. The number of likely N-dealkylation sites (N-methyl/N-ethyl adjacent to an activating group) is 1. The minimum Gasteiger partial charge on any atom is -0.338 e. The van der Waals surface area contributed by atoms with Crippen LogP contribution in [0.25, 0.3) is 0 Å². The number of halogens is 3. The van der Waals surface area contributed by atoms with E-state index >= 15 is 0 Å². The van der Waals surface area contributed by atoms with E-state index in [-0.39, 0.29) is 24.4 Å². The summed E-state index contributed by atoms with van der Waals surface area (Å²) in [5, 5.41) is 0. The van der Waals surface area contributed by atoms with Gasteiger partial charge >= 0.3 is 0 Å². The quantitative estimate of drug-likeness (QED) is 0.922. The molecular weight excluding hydrogens is 262 g/mol. The molecule has 1 unspecified atom stereocenters. The van der Waals surface area contributed by atoms with Crippen molar-refractivity contribution < 1.29 is 13.6 Å². The van der Waals surface area contributed by atoms with E-state index in [2.05, 4.69) is 0 Å². The average Bonchev–Trinajstić information content (AvgIpc) is 2.29. The first-order chi connectivity index (χ1) is 7.84. The first-order valence-corrected chi connectivity index (χ1v) is 5.31. The molecular formula is C12H17ClF2N2O. The van der Waals surface area contributed by atoms with Crippen LogP contribution >= 0.6 is 12.4 Å². The van der Waals surface area contributed by atoms with Gasteiger partial charge < -0.3 is 10.6 Å². The normalized spacial score (nSPS) is 13.4. The second-order valence-electron chi connectivity index (χ2n) is 4.09. The van der Waals surface area contributed by atoms with E-state index in [4.69, 9.17) is 5.73 Å². The highest BCUT2D eigenvalue weighted by atomic mass is 35.5. The summed E-state index contributed by atoms with van der Waals surface area (Å²) in [6, 6.07) is 2.61. The van der Waals surface area contributed by atoms with Gasteiger partial charge in [-0.3, -0.25) is 4.79 Å². The van der Waals surface area contributed by atoms with Crippen LogP contribution in [0.1, 0.15) is 25.5 Å². The lowest BCUT2D eigenvalue weighted by molar-refractivity contribution is -0.132. The van der Waals surface area contributed by atoms with Crippen molar-refractivity contribution in [1.82, 2.24) is 4.90 Å². The molecule has 102 valence electrons. The molecule has 0 aliphatic rings. The predicted molar refractivity (Wildman–Crippen MR) is 68.4 cm³/mol. The van der Waals surface area contributed by atoms with E-state index in [1.807, 2.05) is 0 Å². The Bertz CT molecular complexity index is 427. The molecule has 1 aromatic rings. The largest absolute Gasteiger partial charge is 0.338 e. The standard InChI is InChI=1S/C12H16F2N2O.ClH/c1-7(15)12(17)16(3)8(2)9-4-5-10(13)11(14)6-9;/h4-8H,15H2,1-3H3;1H/t7-,8?;/m0./s1. The maximum atomic E-state index is 13.1. The van der Waals surface area contributed by atoms with Crippen LogP contribution in [0.2, 0.25) is 0 Å². The summed E-state index contributed by atoms with van der Waals surface area (Å²) in [7, 11) is 1.58. The molecule has 18 heavy (non-hydrogen) atoms. The van der Waals surface area contributed by atoms with Crippen molar-refractivity contribution in [1.29, 1.82) is 0 Å². The number of nitrogens with zero attached hydrogens (tertiary/aromatic N) is 1. The zero-order chi connectivity index (χ0) is 13.2. The van der Waals surface area contributed by atoms with Gasteiger partial charge in [-0.05, 0) is 31.5 Å². The van der Waals surface area contributed by atoms with E-state index in [1.165, 1.54) is 11.0 Å². The maximum absolute atomic E-state index is 13.1. The molecule has 0 bridgehead atoms. The molecule has 2 atom stereocenters. The van der Waals surface area contributed by atoms with E-state index in [9.17, 15) is 13.6 Å². The van der Waals surface area contributed by atoms with Crippen LogP contribution in [0.3, 0.4) is 0 Å². The Morgan fingerprint density at radius 1 is 1.28 bits per heavy atom. The van der Waals surface area contributed by atoms with Crippen molar-refractivity contribution in [3.8, 4) is 0 Å². The second kappa shape index (κ2) is 6.66. The van der Waals surface area contributed by atoms with Crippen LogP contribution in [0.5, 0.6) is 0 Å². The highest BCUT2D eigenvalue weighted by molar-refractivity contribution is 5.85.